The summed E-state index contributed by atoms with van der Waals surface area (Å²) in [5, 5.41) is 7.17. The van der Waals surface area contributed by atoms with E-state index in [2.05, 4.69) is 34.4 Å². The quantitative estimate of drug-likeness (QED) is 0.302. The van der Waals surface area contributed by atoms with Crippen LogP contribution in [-0.2, 0) is 4.74 Å². The Morgan fingerprint density at radius 1 is 1.23 bits per heavy atom. The molecule has 0 radical (unpaired) electrons. The van der Waals surface area contributed by atoms with Gasteiger partial charge < -0.3 is 20.3 Å². The van der Waals surface area contributed by atoms with Crippen LogP contribution in [0.15, 0.2) is 4.99 Å². The van der Waals surface area contributed by atoms with Gasteiger partial charge in [0.1, 0.15) is 0 Å². The van der Waals surface area contributed by atoms with Gasteiger partial charge in [-0.25, -0.2) is 0 Å². The maximum Gasteiger partial charge on any atom is 0.191 e. The highest BCUT2D eigenvalue weighted by atomic mass is 127. The number of guanidine groups is 1. The van der Waals surface area contributed by atoms with Crippen LogP contribution in [-0.4, -0.2) is 64.3 Å². The number of rotatable bonds is 9. The Morgan fingerprint density at radius 3 is 2.42 bits per heavy atom. The normalized spacial score (nSPS) is 21.2. The Balaban J connectivity index is 0.00000338. The first kappa shape index (κ1) is 24.0. The fourth-order valence-electron chi connectivity index (χ4n) is 4.36. The van der Waals surface area contributed by atoms with E-state index in [0.717, 1.165) is 44.0 Å². The Hall–Kier alpha value is -0.0800. The van der Waals surface area contributed by atoms with Gasteiger partial charge in [0, 0.05) is 33.8 Å². The van der Waals surface area contributed by atoms with Gasteiger partial charge in [-0.3, -0.25) is 4.99 Å². The summed E-state index contributed by atoms with van der Waals surface area (Å²) in [6, 6.07) is 0. The molecule has 0 atom stereocenters. The summed E-state index contributed by atoms with van der Waals surface area (Å²) in [5.41, 5.74) is 0.512. The summed E-state index contributed by atoms with van der Waals surface area (Å²) in [6.45, 7) is 11.1. The van der Waals surface area contributed by atoms with Crippen molar-refractivity contribution in [3.63, 3.8) is 0 Å². The molecule has 0 amide bonds. The minimum absolute atomic E-state index is 0. The summed E-state index contributed by atoms with van der Waals surface area (Å²) in [7, 11) is 3.67. The smallest absolute Gasteiger partial charge is 0.191 e. The first-order valence-electron chi connectivity index (χ1n) is 10.2. The molecule has 0 aromatic carbocycles. The van der Waals surface area contributed by atoms with Crippen molar-refractivity contribution in [2.75, 3.05) is 53.5 Å². The third kappa shape index (κ3) is 7.89. The first-order chi connectivity index (χ1) is 12.1. The average molecular weight is 480 g/mol. The van der Waals surface area contributed by atoms with E-state index in [9.17, 15) is 0 Å². The summed E-state index contributed by atoms with van der Waals surface area (Å²) >= 11 is 0. The summed E-state index contributed by atoms with van der Waals surface area (Å²) in [4.78, 5) is 6.95. The van der Waals surface area contributed by atoms with Crippen LogP contribution >= 0.6 is 24.0 Å². The lowest BCUT2D eigenvalue weighted by atomic mass is 9.64. The standard InChI is InChI=1S/C20H40N4O.HI/c1-17(2)14-20(8-5-9-20)16-23-19(21-3)22-15-18-6-10-24(11-7-18)12-13-25-4;/h17-18H,5-16H2,1-4H3,(H2,21,22,23);1H. The van der Waals surface area contributed by atoms with E-state index in [4.69, 9.17) is 4.74 Å². The fraction of sp³-hybridized carbons (Fsp3) is 0.950. The minimum atomic E-state index is 0. The molecule has 2 fully saturated rings. The van der Waals surface area contributed by atoms with Crippen molar-refractivity contribution in [3.8, 4) is 0 Å². The fourth-order valence-corrected chi connectivity index (χ4v) is 4.36. The monoisotopic (exact) mass is 480 g/mol. The van der Waals surface area contributed by atoms with E-state index in [0.29, 0.717) is 5.41 Å². The van der Waals surface area contributed by atoms with Gasteiger partial charge in [-0.1, -0.05) is 20.3 Å². The van der Waals surface area contributed by atoms with Crippen LogP contribution in [0.2, 0.25) is 0 Å². The maximum absolute atomic E-state index is 5.18. The zero-order valence-electron chi connectivity index (χ0n) is 17.4. The molecule has 1 heterocycles. The van der Waals surface area contributed by atoms with Crippen molar-refractivity contribution in [3.05, 3.63) is 0 Å². The molecule has 6 heteroatoms. The highest BCUT2D eigenvalue weighted by Gasteiger charge is 2.37. The number of methoxy groups -OCH3 is 1. The highest BCUT2D eigenvalue weighted by molar-refractivity contribution is 14.0. The van der Waals surface area contributed by atoms with Gasteiger partial charge in [0.05, 0.1) is 6.61 Å². The van der Waals surface area contributed by atoms with Crippen molar-refractivity contribution < 1.29 is 4.74 Å². The van der Waals surface area contributed by atoms with Crippen molar-refractivity contribution in [1.29, 1.82) is 0 Å². The Labute approximate surface area is 178 Å². The van der Waals surface area contributed by atoms with Gasteiger partial charge in [-0.05, 0) is 62.4 Å². The predicted octanol–water partition coefficient (Wildman–Crippen LogP) is 3.34. The molecule has 2 aliphatic rings. The highest BCUT2D eigenvalue weighted by Crippen LogP contribution is 2.45. The molecule has 2 N–H and O–H groups in total. The second-order valence-corrected chi connectivity index (χ2v) is 8.54. The number of ether oxygens (including phenoxy) is 1. The topological polar surface area (TPSA) is 48.9 Å². The number of aliphatic imine (C=N–C) groups is 1. The Kier molecular flexibility index (Phi) is 11.4. The molecule has 0 unspecified atom stereocenters. The number of hydrogen-bond donors (Lipinski definition) is 2. The lowest BCUT2D eigenvalue weighted by Gasteiger charge is -2.43. The second-order valence-electron chi connectivity index (χ2n) is 8.54. The van der Waals surface area contributed by atoms with E-state index in [-0.39, 0.29) is 24.0 Å². The predicted molar refractivity (Wildman–Crippen MR) is 122 cm³/mol. The third-order valence-corrected chi connectivity index (χ3v) is 5.99. The molecular formula is C20H41IN4O. The van der Waals surface area contributed by atoms with Crippen LogP contribution < -0.4 is 10.6 Å². The van der Waals surface area contributed by atoms with Gasteiger partial charge >= 0.3 is 0 Å². The molecule has 0 aromatic heterocycles. The summed E-state index contributed by atoms with van der Waals surface area (Å²) < 4.78 is 5.18. The van der Waals surface area contributed by atoms with E-state index < -0.39 is 0 Å². The largest absolute Gasteiger partial charge is 0.383 e. The van der Waals surface area contributed by atoms with Gasteiger partial charge in [0.2, 0.25) is 0 Å². The summed E-state index contributed by atoms with van der Waals surface area (Å²) in [6.07, 6.45) is 8.00. The molecule has 5 nitrogen and oxygen atoms in total. The Bertz CT molecular complexity index is 405. The van der Waals surface area contributed by atoms with E-state index in [1.807, 2.05) is 7.05 Å². The van der Waals surface area contributed by atoms with Gasteiger partial charge in [-0.2, -0.15) is 0 Å². The van der Waals surface area contributed by atoms with E-state index >= 15 is 0 Å². The zero-order chi connectivity index (χ0) is 18.1. The number of likely N-dealkylation sites (tertiary alicyclic amines) is 1. The average Bonchev–Trinajstić information content (AvgIpc) is 2.58. The molecule has 1 aliphatic heterocycles. The van der Waals surface area contributed by atoms with Crippen molar-refractivity contribution in [1.82, 2.24) is 15.5 Å². The van der Waals surface area contributed by atoms with Crippen molar-refractivity contribution in [2.45, 2.75) is 52.4 Å². The SMILES string of the molecule is CN=C(NCC1CCN(CCOC)CC1)NCC1(CC(C)C)CCC1.I. The minimum Gasteiger partial charge on any atom is -0.383 e. The lowest BCUT2D eigenvalue weighted by Crippen LogP contribution is -2.48. The summed E-state index contributed by atoms with van der Waals surface area (Å²) in [5.74, 6) is 2.52. The third-order valence-electron chi connectivity index (χ3n) is 5.99. The number of hydrogen-bond acceptors (Lipinski definition) is 3. The molecule has 0 spiro atoms. The van der Waals surface area contributed by atoms with Gasteiger partial charge in [0.15, 0.2) is 5.96 Å². The molecule has 1 saturated carbocycles. The lowest BCUT2D eigenvalue weighted by molar-refractivity contribution is 0.104. The van der Waals surface area contributed by atoms with Crippen molar-refractivity contribution >= 4 is 29.9 Å². The number of nitrogens with one attached hydrogen (secondary N) is 2. The zero-order valence-corrected chi connectivity index (χ0v) is 19.7. The number of piperidine rings is 1. The molecule has 26 heavy (non-hydrogen) atoms. The molecule has 1 saturated heterocycles. The Morgan fingerprint density at radius 2 is 1.92 bits per heavy atom. The molecular weight excluding hydrogens is 439 g/mol. The molecule has 154 valence electrons. The second kappa shape index (κ2) is 12.4. The molecule has 0 bridgehead atoms. The van der Waals surface area contributed by atoms with Crippen LogP contribution in [0.5, 0.6) is 0 Å². The van der Waals surface area contributed by atoms with Crippen LogP contribution in [0.3, 0.4) is 0 Å². The van der Waals surface area contributed by atoms with Crippen LogP contribution in [0.25, 0.3) is 0 Å². The van der Waals surface area contributed by atoms with Crippen LogP contribution in [0.1, 0.15) is 52.4 Å². The molecule has 2 rings (SSSR count). The van der Waals surface area contributed by atoms with Crippen LogP contribution in [0.4, 0.5) is 0 Å². The number of halogens is 1. The van der Waals surface area contributed by atoms with E-state index in [1.165, 1.54) is 51.6 Å². The maximum atomic E-state index is 5.18. The number of nitrogens with zero attached hydrogens (tertiary/aromatic N) is 2. The van der Waals surface area contributed by atoms with Gasteiger partial charge in [-0.15, -0.1) is 24.0 Å². The van der Waals surface area contributed by atoms with Crippen molar-refractivity contribution in [2.24, 2.45) is 22.2 Å². The van der Waals surface area contributed by atoms with Crippen LogP contribution in [0, 0.1) is 17.3 Å². The van der Waals surface area contributed by atoms with Gasteiger partial charge in [0.25, 0.3) is 0 Å². The van der Waals surface area contributed by atoms with E-state index in [1.54, 1.807) is 7.11 Å². The first-order valence-corrected chi connectivity index (χ1v) is 10.2. The molecule has 1 aliphatic carbocycles. The molecule has 0 aromatic rings.